The molecule has 1 aromatic heterocycles. The van der Waals surface area contributed by atoms with Crippen molar-refractivity contribution in [2.45, 2.75) is 13.8 Å². The van der Waals surface area contributed by atoms with Gasteiger partial charge in [0, 0.05) is 6.20 Å². The molecule has 1 aromatic carbocycles. The maximum Gasteiger partial charge on any atom is 0.233 e. The van der Waals surface area contributed by atoms with Crippen LogP contribution in [0, 0.1) is 13.8 Å². The van der Waals surface area contributed by atoms with Crippen LogP contribution < -0.4 is 4.74 Å². The van der Waals surface area contributed by atoms with Gasteiger partial charge in [0.05, 0.1) is 9.50 Å². The van der Waals surface area contributed by atoms with E-state index in [-0.39, 0.29) is 0 Å². The van der Waals surface area contributed by atoms with Crippen LogP contribution in [0.4, 0.5) is 0 Å². The molecule has 0 spiro atoms. The smallest absolute Gasteiger partial charge is 0.233 e. The van der Waals surface area contributed by atoms with Crippen LogP contribution in [0.15, 0.2) is 34.9 Å². The largest absolute Gasteiger partial charge is 0.438 e. The van der Waals surface area contributed by atoms with Crippen molar-refractivity contribution in [2.75, 3.05) is 0 Å². The summed E-state index contributed by atoms with van der Waals surface area (Å²) in [7, 11) is 0. The lowest BCUT2D eigenvalue weighted by atomic mass is 10.1. The second kappa shape index (κ2) is 5.07. The Labute approximate surface area is 114 Å². The Bertz CT molecular complexity index is 537. The first kappa shape index (κ1) is 12.4. The second-order valence-corrected chi connectivity index (χ2v) is 5.16. The van der Waals surface area contributed by atoms with E-state index in [1.807, 2.05) is 26.0 Å². The molecule has 88 valence electrons. The molecular formula is C13H11BrClNO. The third kappa shape index (κ3) is 3.20. The average Bonchev–Trinajstić information content (AvgIpc) is 2.21. The zero-order valence-corrected chi connectivity index (χ0v) is 11.8. The molecule has 17 heavy (non-hydrogen) atoms. The van der Waals surface area contributed by atoms with Crippen LogP contribution in [-0.4, -0.2) is 4.98 Å². The Morgan fingerprint density at radius 2 is 1.76 bits per heavy atom. The first-order valence-electron chi connectivity index (χ1n) is 5.12. The van der Waals surface area contributed by atoms with Gasteiger partial charge in [0.25, 0.3) is 0 Å². The molecule has 0 amide bonds. The number of nitrogens with zero attached hydrogens (tertiary/aromatic N) is 1. The normalized spacial score (nSPS) is 10.4. The Morgan fingerprint density at radius 1 is 1.12 bits per heavy atom. The third-order valence-electron chi connectivity index (χ3n) is 2.18. The van der Waals surface area contributed by atoms with E-state index in [1.54, 1.807) is 12.3 Å². The van der Waals surface area contributed by atoms with Gasteiger partial charge in [-0.15, -0.1) is 0 Å². The summed E-state index contributed by atoms with van der Waals surface area (Å²) in [5, 5.41) is 0.574. The van der Waals surface area contributed by atoms with Crippen LogP contribution in [0.5, 0.6) is 11.6 Å². The molecule has 2 rings (SSSR count). The molecule has 0 N–H and O–H groups in total. The minimum atomic E-state index is 0.513. The van der Waals surface area contributed by atoms with Crippen LogP contribution in [0.3, 0.4) is 0 Å². The van der Waals surface area contributed by atoms with Crippen molar-refractivity contribution in [3.05, 3.63) is 51.1 Å². The highest BCUT2D eigenvalue weighted by Gasteiger charge is 2.06. The van der Waals surface area contributed by atoms with Gasteiger partial charge in [0.1, 0.15) is 5.75 Å². The van der Waals surface area contributed by atoms with Crippen molar-refractivity contribution in [3.63, 3.8) is 0 Å². The fourth-order valence-corrected chi connectivity index (χ4v) is 2.30. The molecule has 0 saturated carbocycles. The SMILES string of the molecule is Cc1cc(C)cc(Oc2ncc(Cl)cc2Br)c1. The van der Waals surface area contributed by atoms with E-state index < -0.39 is 0 Å². The van der Waals surface area contributed by atoms with Crippen LogP contribution in [-0.2, 0) is 0 Å². The van der Waals surface area contributed by atoms with Crippen molar-refractivity contribution in [1.82, 2.24) is 4.98 Å². The molecular weight excluding hydrogens is 302 g/mol. The highest BCUT2D eigenvalue weighted by molar-refractivity contribution is 9.10. The number of halogens is 2. The number of hydrogen-bond acceptors (Lipinski definition) is 2. The van der Waals surface area contributed by atoms with Gasteiger partial charge in [-0.25, -0.2) is 4.98 Å². The standard InChI is InChI=1S/C13H11BrClNO/c1-8-3-9(2)5-11(4-8)17-13-12(14)6-10(15)7-16-13/h3-7H,1-2H3. The summed E-state index contributed by atoms with van der Waals surface area (Å²) in [4.78, 5) is 4.13. The fourth-order valence-electron chi connectivity index (χ4n) is 1.58. The van der Waals surface area contributed by atoms with Gasteiger partial charge in [-0.1, -0.05) is 17.7 Å². The van der Waals surface area contributed by atoms with Crippen LogP contribution in [0.1, 0.15) is 11.1 Å². The number of pyridine rings is 1. The first-order valence-corrected chi connectivity index (χ1v) is 6.29. The van der Waals surface area contributed by atoms with Crippen LogP contribution in [0.25, 0.3) is 0 Å². The number of aryl methyl sites for hydroxylation is 2. The Hall–Kier alpha value is -1.06. The Balaban J connectivity index is 2.31. The summed E-state index contributed by atoms with van der Waals surface area (Å²) in [6.07, 6.45) is 1.56. The van der Waals surface area contributed by atoms with Gasteiger partial charge < -0.3 is 4.74 Å². The predicted octanol–water partition coefficient (Wildman–Crippen LogP) is 4.91. The zero-order valence-electron chi connectivity index (χ0n) is 9.50. The van der Waals surface area contributed by atoms with E-state index in [0.717, 1.165) is 21.3 Å². The van der Waals surface area contributed by atoms with Crippen LogP contribution in [0.2, 0.25) is 5.02 Å². The molecule has 4 heteroatoms. The summed E-state index contributed by atoms with van der Waals surface area (Å²) in [6, 6.07) is 7.79. The second-order valence-electron chi connectivity index (χ2n) is 3.87. The molecule has 0 saturated heterocycles. The average molecular weight is 313 g/mol. The molecule has 1 heterocycles. The number of benzene rings is 1. The van der Waals surface area contributed by atoms with Gasteiger partial charge in [-0.3, -0.25) is 0 Å². The first-order chi connectivity index (χ1) is 8.04. The highest BCUT2D eigenvalue weighted by atomic mass is 79.9. The molecule has 2 aromatic rings. The lowest BCUT2D eigenvalue weighted by Gasteiger charge is -2.08. The molecule has 0 bridgehead atoms. The van der Waals surface area contributed by atoms with Crippen molar-refractivity contribution >= 4 is 27.5 Å². The summed E-state index contributed by atoms with van der Waals surface area (Å²) >= 11 is 9.19. The lowest BCUT2D eigenvalue weighted by Crippen LogP contribution is -1.90. The number of ether oxygens (including phenoxy) is 1. The van der Waals surface area contributed by atoms with E-state index >= 15 is 0 Å². The lowest BCUT2D eigenvalue weighted by molar-refractivity contribution is 0.459. The van der Waals surface area contributed by atoms with E-state index in [9.17, 15) is 0 Å². The van der Waals surface area contributed by atoms with E-state index in [1.165, 1.54) is 0 Å². The van der Waals surface area contributed by atoms with Gasteiger partial charge in [0.2, 0.25) is 5.88 Å². The van der Waals surface area contributed by atoms with Gasteiger partial charge in [-0.2, -0.15) is 0 Å². The van der Waals surface area contributed by atoms with Crippen molar-refractivity contribution in [3.8, 4) is 11.6 Å². The third-order valence-corrected chi connectivity index (χ3v) is 2.96. The van der Waals surface area contributed by atoms with Gasteiger partial charge >= 0.3 is 0 Å². The molecule has 0 radical (unpaired) electrons. The minimum absolute atomic E-state index is 0.513. The van der Waals surface area contributed by atoms with Crippen molar-refractivity contribution in [1.29, 1.82) is 0 Å². The Morgan fingerprint density at radius 3 is 2.35 bits per heavy atom. The molecule has 0 aliphatic heterocycles. The summed E-state index contributed by atoms with van der Waals surface area (Å²) in [5.74, 6) is 1.29. The number of rotatable bonds is 2. The summed E-state index contributed by atoms with van der Waals surface area (Å²) in [6.45, 7) is 4.06. The zero-order chi connectivity index (χ0) is 12.4. The molecule has 2 nitrogen and oxygen atoms in total. The van der Waals surface area contributed by atoms with Gasteiger partial charge in [0.15, 0.2) is 0 Å². The minimum Gasteiger partial charge on any atom is -0.438 e. The number of hydrogen-bond donors (Lipinski definition) is 0. The highest BCUT2D eigenvalue weighted by Crippen LogP contribution is 2.30. The summed E-state index contributed by atoms with van der Waals surface area (Å²) < 4.78 is 6.45. The molecule has 0 unspecified atom stereocenters. The van der Waals surface area contributed by atoms with Gasteiger partial charge in [-0.05, 0) is 59.1 Å². The molecule has 0 aliphatic carbocycles. The molecule has 0 aliphatic rings. The Kier molecular flexibility index (Phi) is 3.69. The number of aromatic nitrogens is 1. The van der Waals surface area contributed by atoms with E-state index in [2.05, 4.69) is 27.0 Å². The monoisotopic (exact) mass is 311 g/mol. The maximum atomic E-state index is 5.82. The van der Waals surface area contributed by atoms with Crippen molar-refractivity contribution in [2.24, 2.45) is 0 Å². The molecule has 0 atom stereocenters. The summed E-state index contributed by atoms with van der Waals surface area (Å²) in [5.41, 5.74) is 2.31. The topological polar surface area (TPSA) is 22.1 Å². The van der Waals surface area contributed by atoms with E-state index in [4.69, 9.17) is 16.3 Å². The van der Waals surface area contributed by atoms with E-state index in [0.29, 0.717) is 10.9 Å². The van der Waals surface area contributed by atoms with Crippen molar-refractivity contribution < 1.29 is 4.74 Å². The van der Waals surface area contributed by atoms with Crippen LogP contribution >= 0.6 is 27.5 Å². The molecule has 0 fully saturated rings. The quantitative estimate of drug-likeness (QED) is 0.786. The predicted molar refractivity (Wildman–Crippen MR) is 72.9 cm³/mol. The fraction of sp³-hybridized carbons (Fsp3) is 0.154. The maximum absolute atomic E-state index is 5.82.